The van der Waals surface area contributed by atoms with Crippen molar-refractivity contribution in [2.75, 3.05) is 41.4 Å². The van der Waals surface area contributed by atoms with Crippen molar-refractivity contribution in [2.24, 2.45) is 10.8 Å². The molecule has 1 saturated heterocycles. The highest BCUT2D eigenvalue weighted by molar-refractivity contribution is 6.44. The molecule has 3 N–H and O–H groups in total. The lowest BCUT2D eigenvalue weighted by atomic mass is 10.1. The largest absolute Gasteiger partial charge is 0.444 e. The average Bonchev–Trinajstić information content (AvgIpc) is 3.30. The van der Waals surface area contributed by atoms with E-state index in [0.717, 1.165) is 5.69 Å². The zero-order chi connectivity index (χ0) is 25.9. The molecule has 1 aromatic heterocycles. The summed E-state index contributed by atoms with van der Waals surface area (Å²) in [7, 11) is 0. The van der Waals surface area contributed by atoms with Crippen LogP contribution in [0.25, 0.3) is 0 Å². The molecule has 0 aliphatic carbocycles. The zero-order valence-corrected chi connectivity index (χ0v) is 20.7. The number of benzene rings is 1. The maximum atomic E-state index is 12.8. The van der Waals surface area contributed by atoms with Crippen LogP contribution in [-0.2, 0) is 14.3 Å². The molecule has 2 aromatic rings. The number of piperazine rings is 1. The number of primary amides is 1. The molecule has 3 heterocycles. The summed E-state index contributed by atoms with van der Waals surface area (Å²) in [5, 5.41) is 8.57. The van der Waals surface area contributed by atoms with Crippen LogP contribution in [-0.4, -0.2) is 71.3 Å². The van der Waals surface area contributed by atoms with Gasteiger partial charge in [-0.25, -0.2) is 9.78 Å². The molecule has 0 bridgehead atoms. The van der Waals surface area contributed by atoms with Gasteiger partial charge in [0.1, 0.15) is 23.2 Å². The number of hydrazone groups is 1. The maximum Gasteiger partial charge on any atom is 0.410 e. The van der Waals surface area contributed by atoms with Gasteiger partial charge in [0.2, 0.25) is 5.91 Å². The minimum absolute atomic E-state index is 0.107. The van der Waals surface area contributed by atoms with E-state index in [1.54, 1.807) is 29.3 Å². The fourth-order valence-electron chi connectivity index (χ4n) is 4.00. The third-order valence-corrected chi connectivity index (χ3v) is 5.81. The van der Waals surface area contributed by atoms with Crippen molar-refractivity contribution in [3.8, 4) is 0 Å². The predicted octanol–water partition coefficient (Wildman–Crippen LogP) is 2.20. The van der Waals surface area contributed by atoms with Gasteiger partial charge >= 0.3 is 6.09 Å². The first-order valence-electron chi connectivity index (χ1n) is 11.8. The molecule has 1 unspecified atom stereocenters. The number of pyridine rings is 1. The van der Waals surface area contributed by atoms with Gasteiger partial charge in [0.15, 0.2) is 0 Å². The fraction of sp³-hybridized carbons (Fsp3) is 0.400. The fourth-order valence-corrected chi connectivity index (χ4v) is 4.00. The molecule has 1 aromatic carbocycles. The summed E-state index contributed by atoms with van der Waals surface area (Å²) in [6.07, 6.45) is 1.48. The second-order valence-corrected chi connectivity index (χ2v) is 9.66. The number of nitrogens with zero attached hydrogens (tertiary/aromatic N) is 5. The SMILES string of the molecule is CC(C)(C)OC(=O)N1CCN(c2ccc(NC(=O)C3=NN(c4ccccc4)C(C(N)=O)C3)nc2)CC1. The molecular formula is C25H31N7O4. The van der Waals surface area contributed by atoms with Gasteiger partial charge in [0, 0.05) is 32.6 Å². The summed E-state index contributed by atoms with van der Waals surface area (Å²) in [5.74, 6) is -0.627. The second kappa shape index (κ2) is 10.2. The number of hydrogen-bond donors (Lipinski definition) is 2. The van der Waals surface area contributed by atoms with Crippen LogP contribution in [0.5, 0.6) is 0 Å². The van der Waals surface area contributed by atoms with E-state index in [0.29, 0.717) is 37.7 Å². The molecule has 2 aliphatic rings. The lowest BCUT2D eigenvalue weighted by Gasteiger charge is -2.36. The monoisotopic (exact) mass is 493 g/mol. The molecule has 36 heavy (non-hydrogen) atoms. The lowest BCUT2D eigenvalue weighted by molar-refractivity contribution is -0.119. The van der Waals surface area contributed by atoms with Crippen molar-refractivity contribution in [1.29, 1.82) is 0 Å². The quantitative estimate of drug-likeness (QED) is 0.652. The van der Waals surface area contributed by atoms with Crippen LogP contribution < -0.4 is 21.0 Å². The number of carbonyl (C=O) groups excluding carboxylic acids is 3. The van der Waals surface area contributed by atoms with Gasteiger partial charge in [-0.3, -0.25) is 14.6 Å². The van der Waals surface area contributed by atoms with Crippen LogP contribution in [0.2, 0.25) is 0 Å². The van der Waals surface area contributed by atoms with E-state index in [-0.39, 0.29) is 18.2 Å². The maximum absolute atomic E-state index is 12.8. The molecule has 3 amide bonds. The van der Waals surface area contributed by atoms with E-state index in [1.807, 2.05) is 45.0 Å². The highest BCUT2D eigenvalue weighted by Crippen LogP contribution is 2.25. The van der Waals surface area contributed by atoms with Crippen molar-refractivity contribution in [1.82, 2.24) is 9.88 Å². The standard InChI is InChI=1S/C25H31N7O4/c1-25(2,3)36-24(35)31-13-11-30(12-14-31)18-9-10-21(27-16-18)28-23(34)19-15-20(22(26)33)32(29-19)17-7-5-4-6-8-17/h4-10,16,20H,11-15H2,1-3H3,(H2,26,33)(H,27,28,34). The van der Waals surface area contributed by atoms with E-state index in [4.69, 9.17) is 10.5 Å². The number of rotatable bonds is 5. The number of nitrogens with one attached hydrogen (secondary N) is 1. The number of aromatic nitrogens is 1. The first-order chi connectivity index (χ1) is 17.1. The van der Waals surface area contributed by atoms with E-state index < -0.39 is 23.5 Å². The third-order valence-electron chi connectivity index (χ3n) is 5.81. The number of para-hydroxylation sites is 1. The molecule has 0 radical (unpaired) electrons. The normalized spacial score (nSPS) is 18.0. The van der Waals surface area contributed by atoms with E-state index in [9.17, 15) is 14.4 Å². The van der Waals surface area contributed by atoms with E-state index >= 15 is 0 Å². The minimum atomic E-state index is -0.733. The number of anilines is 3. The van der Waals surface area contributed by atoms with Crippen LogP contribution in [0, 0.1) is 0 Å². The average molecular weight is 494 g/mol. The summed E-state index contributed by atoms with van der Waals surface area (Å²) in [6.45, 7) is 7.93. The Balaban J connectivity index is 1.35. The molecule has 1 atom stereocenters. The van der Waals surface area contributed by atoms with Crippen molar-refractivity contribution < 1.29 is 19.1 Å². The van der Waals surface area contributed by atoms with E-state index in [2.05, 4.69) is 20.3 Å². The van der Waals surface area contributed by atoms with Gasteiger partial charge in [0.05, 0.1) is 17.6 Å². The summed E-state index contributed by atoms with van der Waals surface area (Å²) >= 11 is 0. The molecule has 11 heteroatoms. The van der Waals surface area contributed by atoms with Crippen molar-refractivity contribution in [2.45, 2.75) is 38.8 Å². The third kappa shape index (κ3) is 5.91. The molecule has 0 spiro atoms. The van der Waals surface area contributed by atoms with Crippen molar-refractivity contribution in [3.63, 3.8) is 0 Å². The molecular weight excluding hydrogens is 462 g/mol. The van der Waals surface area contributed by atoms with Crippen molar-refractivity contribution >= 4 is 40.8 Å². The van der Waals surface area contributed by atoms with Gasteiger partial charge in [-0.05, 0) is 45.0 Å². The minimum Gasteiger partial charge on any atom is -0.444 e. The summed E-state index contributed by atoms with van der Waals surface area (Å²) < 4.78 is 5.44. The Morgan fingerprint density at radius 1 is 1.00 bits per heavy atom. The van der Waals surface area contributed by atoms with Crippen LogP contribution in [0.1, 0.15) is 27.2 Å². The van der Waals surface area contributed by atoms with Gasteiger partial charge in [-0.15, -0.1) is 0 Å². The topological polar surface area (TPSA) is 133 Å². The predicted molar refractivity (Wildman–Crippen MR) is 137 cm³/mol. The number of hydrogen-bond acceptors (Lipinski definition) is 8. The summed E-state index contributed by atoms with van der Waals surface area (Å²) in [5.41, 5.74) is 6.79. The highest BCUT2D eigenvalue weighted by atomic mass is 16.6. The van der Waals surface area contributed by atoms with Gasteiger partial charge in [-0.1, -0.05) is 18.2 Å². The Kier molecular flexibility index (Phi) is 7.09. The Bertz CT molecular complexity index is 1140. The summed E-state index contributed by atoms with van der Waals surface area (Å²) in [6, 6.07) is 11.9. The molecule has 11 nitrogen and oxygen atoms in total. The Morgan fingerprint density at radius 2 is 1.69 bits per heavy atom. The van der Waals surface area contributed by atoms with Crippen LogP contribution in [0.3, 0.4) is 0 Å². The lowest BCUT2D eigenvalue weighted by Crippen LogP contribution is -2.50. The van der Waals surface area contributed by atoms with E-state index in [1.165, 1.54) is 5.01 Å². The first kappa shape index (κ1) is 25.0. The molecule has 2 aliphatic heterocycles. The van der Waals surface area contributed by atoms with Crippen LogP contribution in [0.4, 0.5) is 22.0 Å². The van der Waals surface area contributed by atoms with Crippen LogP contribution in [0.15, 0.2) is 53.8 Å². The highest BCUT2D eigenvalue weighted by Gasteiger charge is 2.35. The molecule has 190 valence electrons. The number of nitrogens with two attached hydrogens (primary N) is 1. The summed E-state index contributed by atoms with van der Waals surface area (Å²) in [4.78, 5) is 45.2. The number of ether oxygens (including phenoxy) is 1. The van der Waals surface area contributed by atoms with Gasteiger partial charge < -0.3 is 25.6 Å². The van der Waals surface area contributed by atoms with Gasteiger partial charge in [0.25, 0.3) is 5.91 Å². The number of carbonyl (C=O) groups is 3. The second-order valence-electron chi connectivity index (χ2n) is 9.66. The van der Waals surface area contributed by atoms with Crippen molar-refractivity contribution in [3.05, 3.63) is 48.7 Å². The molecule has 4 rings (SSSR count). The Hall–Kier alpha value is -4.15. The first-order valence-corrected chi connectivity index (χ1v) is 11.8. The zero-order valence-electron chi connectivity index (χ0n) is 20.7. The molecule has 1 fully saturated rings. The smallest absolute Gasteiger partial charge is 0.410 e. The molecule has 0 saturated carbocycles. The number of amides is 3. The Labute approximate surface area is 209 Å². The van der Waals surface area contributed by atoms with Gasteiger partial charge in [-0.2, -0.15) is 5.10 Å². The van der Waals surface area contributed by atoms with Crippen LogP contribution >= 0.6 is 0 Å². The Morgan fingerprint density at radius 3 is 2.28 bits per heavy atom.